The van der Waals surface area contributed by atoms with Gasteiger partial charge >= 0.3 is 19.0 Å². The zero-order valence-electron chi connectivity index (χ0n) is 8.67. The highest BCUT2D eigenvalue weighted by Crippen LogP contribution is 2.73. The molecule has 0 aliphatic heterocycles. The van der Waals surface area contributed by atoms with E-state index < -0.39 is 19.0 Å². The minimum Gasteiger partial charge on any atom is -0.322 e. The molecule has 5 N–H and O–H groups in total. The maximum absolute atomic E-state index is 10.2. The molecule has 0 saturated heterocycles. The summed E-state index contributed by atoms with van der Waals surface area (Å²) in [4.78, 5) is 32.9. The van der Waals surface area contributed by atoms with Gasteiger partial charge in [-0.1, -0.05) is 37.0 Å². The molecule has 0 radical (unpaired) electrons. The van der Waals surface area contributed by atoms with Crippen molar-refractivity contribution in [2.75, 3.05) is 13.1 Å². The van der Waals surface area contributed by atoms with E-state index in [1.54, 1.807) is 0 Å². The average molecular weight is 318 g/mol. The van der Waals surface area contributed by atoms with Gasteiger partial charge in [0, 0.05) is 0 Å². The van der Waals surface area contributed by atoms with Crippen LogP contribution in [0.2, 0.25) is 0 Å². The highest BCUT2D eigenvalue weighted by Gasteiger charge is 2.58. The first kappa shape index (κ1) is 19.2. The van der Waals surface area contributed by atoms with E-state index in [1.165, 1.54) is 0 Å². The third kappa shape index (κ3) is 6.55. The molecule has 0 saturated carbocycles. The summed E-state index contributed by atoms with van der Waals surface area (Å²) in [6.45, 7) is 6.39. The zero-order valence-corrected chi connectivity index (χ0v) is 12.0. The molecule has 0 spiro atoms. The third-order valence-corrected chi connectivity index (χ3v) is 6.81. The van der Waals surface area contributed by atoms with Gasteiger partial charge in [-0.05, 0) is 13.1 Å². The van der Waals surface area contributed by atoms with Crippen molar-refractivity contribution in [2.24, 2.45) is 0 Å². The second-order valence-electron chi connectivity index (χ2n) is 2.55. The summed E-state index contributed by atoms with van der Waals surface area (Å²) in [7, 11) is -10.4. The van der Waals surface area contributed by atoms with Crippen molar-refractivity contribution in [3.63, 3.8) is 0 Å². The smallest absolute Gasteiger partial charge is 0.322 e. The molecule has 0 bridgehead atoms. The van der Waals surface area contributed by atoms with Crippen molar-refractivity contribution < 1.29 is 28.7 Å². The first-order valence-corrected chi connectivity index (χ1v) is 8.09. The average Bonchev–Trinajstić information content (AvgIpc) is 2.02. The molecule has 0 aromatic carbocycles. The van der Waals surface area contributed by atoms with Gasteiger partial charge in [0.15, 0.2) is 0 Å². The zero-order chi connectivity index (χ0) is 13.6. The van der Waals surface area contributed by atoms with Gasteiger partial charge in [-0.3, -0.25) is 9.13 Å². The number of halogens is 2. The van der Waals surface area contributed by atoms with Crippen molar-refractivity contribution in [3.8, 4) is 0 Å². The van der Waals surface area contributed by atoms with Crippen LogP contribution in [0.25, 0.3) is 0 Å². The summed E-state index contributed by atoms with van der Waals surface area (Å²) in [5.74, 6) is 0. The van der Waals surface area contributed by atoms with Gasteiger partial charge in [-0.2, -0.15) is 0 Å². The Balaban J connectivity index is 0. The largest absolute Gasteiger partial charge is 0.373 e. The van der Waals surface area contributed by atoms with Crippen LogP contribution in [0.5, 0.6) is 0 Å². The molecule has 0 aromatic heterocycles. The lowest BCUT2D eigenvalue weighted by Crippen LogP contribution is -2.13. The van der Waals surface area contributed by atoms with Crippen LogP contribution in [0.4, 0.5) is 0 Å². The quantitative estimate of drug-likeness (QED) is 0.387. The Labute approximate surface area is 103 Å². The van der Waals surface area contributed by atoms with E-state index >= 15 is 0 Å². The SMILES string of the molecule is CCNCC.O=P(O)(O)C(Cl)(Cl)P(=O)(O)O. The van der Waals surface area contributed by atoms with Crippen LogP contribution in [-0.4, -0.2) is 36.5 Å². The Morgan fingerprint density at radius 3 is 1.25 bits per heavy atom. The molecule has 0 aliphatic carbocycles. The van der Waals surface area contributed by atoms with Gasteiger partial charge in [0.2, 0.25) is 0 Å². The number of nitrogens with one attached hydrogen (secondary N) is 1. The topological polar surface area (TPSA) is 127 Å². The number of hydrogen-bond donors (Lipinski definition) is 5. The number of hydrogen-bond acceptors (Lipinski definition) is 3. The van der Waals surface area contributed by atoms with Gasteiger partial charge in [0.1, 0.15) is 0 Å². The van der Waals surface area contributed by atoms with Crippen LogP contribution >= 0.6 is 38.4 Å². The lowest BCUT2D eigenvalue weighted by Gasteiger charge is -2.20. The van der Waals surface area contributed by atoms with Gasteiger partial charge < -0.3 is 24.9 Å². The fourth-order valence-corrected chi connectivity index (χ4v) is 1.78. The van der Waals surface area contributed by atoms with E-state index in [0.717, 1.165) is 13.1 Å². The standard InChI is InChI=1S/C4H11N.CH4Cl2O6P2/c1-3-5-4-2;2-1(3,10(4,5)6)11(7,8)9/h5H,3-4H2,1-2H3;(H2,4,5,6)(H2,7,8,9). The maximum Gasteiger partial charge on any atom is 0.373 e. The maximum atomic E-state index is 10.2. The fourth-order valence-electron chi connectivity index (χ4n) is 0.420. The Morgan fingerprint density at radius 2 is 1.25 bits per heavy atom. The van der Waals surface area contributed by atoms with E-state index in [9.17, 15) is 9.13 Å². The lowest BCUT2D eigenvalue weighted by atomic mass is 10.7. The molecule has 0 rings (SSSR count). The number of rotatable bonds is 4. The molecule has 11 heteroatoms. The summed E-state index contributed by atoms with van der Waals surface area (Å²) in [5, 5.41) is 3.11. The molecule has 0 heterocycles. The van der Waals surface area contributed by atoms with Crippen LogP contribution in [0.1, 0.15) is 13.8 Å². The van der Waals surface area contributed by atoms with E-state index in [2.05, 4.69) is 19.2 Å². The molecule has 0 fully saturated rings. The van der Waals surface area contributed by atoms with Crippen LogP contribution in [0.15, 0.2) is 0 Å². The van der Waals surface area contributed by atoms with Crippen molar-refractivity contribution >= 4 is 38.4 Å². The van der Waals surface area contributed by atoms with Crippen molar-refractivity contribution in [1.82, 2.24) is 5.32 Å². The fraction of sp³-hybridized carbons (Fsp3) is 1.00. The Hall–Kier alpha value is 0.840. The first-order chi connectivity index (χ1) is 6.91. The Morgan fingerprint density at radius 1 is 1.00 bits per heavy atom. The highest BCUT2D eigenvalue weighted by atomic mass is 35.5. The monoisotopic (exact) mass is 317 g/mol. The third-order valence-electron chi connectivity index (χ3n) is 1.20. The van der Waals surface area contributed by atoms with Crippen LogP contribution in [0, 0.1) is 0 Å². The highest BCUT2D eigenvalue weighted by molar-refractivity contribution is 7.78. The van der Waals surface area contributed by atoms with E-state index in [1.807, 2.05) is 0 Å². The molecule has 0 aliphatic rings. The van der Waals surface area contributed by atoms with E-state index in [-0.39, 0.29) is 0 Å². The first-order valence-electron chi connectivity index (χ1n) is 4.11. The van der Waals surface area contributed by atoms with Crippen molar-refractivity contribution in [1.29, 1.82) is 0 Å². The molecular weight excluding hydrogens is 303 g/mol. The van der Waals surface area contributed by atoms with Gasteiger partial charge in [-0.15, -0.1) is 0 Å². The van der Waals surface area contributed by atoms with Crippen molar-refractivity contribution in [3.05, 3.63) is 0 Å². The minimum absolute atomic E-state index is 1.09. The molecule has 16 heavy (non-hydrogen) atoms. The predicted octanol–water partition coefficient (Wildman–Crippen LogP) is 1.05. The second-order valence-corrected chi connectivity index (χ2v) is 8.81. The summed E-state index contributed by atoms with van der Waals surface area (Å²) in [5.41, 5.74) is 0. The lowest BCUT2D eigenvalue weighted by molar-refractivity contribution is 0.345. The van der Waals surface area contributed by atoms with Crippen LogP contribution in [0.3, 0.4) is 0 Å². The number of alkyl halides is 2. The van der Waals surface area contributed by atoms with Crippen LogP contribution < -0.4 is 5.32 Å². The second kappa shape index (κ2) is 7.31. The van der Waals surface area contributed by atoms with E-state index in [4.69, 9.17) is 42.8 Å². The van der Waals surface area contributed by atoms with Crippen LogP contribution in [-0.2, 0) is 9.13 Å². The van der Waals surface area contributed by atoms with Gasteiger partial charge in [0.05, 0.1) is 0 Å². The molecule has 100 valence electrons. The van der Waals surface area contributed by atoms with Gasteiger partial charge in [0.25, 0.3) is 0 Å². The summed E-state index contributed by atoms with van der Waals surface area (Å²) in [6, 6.07) is 0. The molecule has 0 unspecified atom stereocenters. The van der Waals surface area contributed by atoms with Gasteiger partial charge in [-0.25, -0.2) is 0 Å². The molecule has 0 amide bonds. The normalized spacial score (nSPS) is 13.0. The van der Waals surface area contributed by atoms with E-state index in [0.29, 0.717) is 0 Å². The molecule has 0 aromatic rings. The summed E-state index contributed by atoms with van der Waals surface area (Å²) in [6.07, 6.45) is 0. The minimum atomic E-state index is -5.22. The predicted molar refractivity (Wildman–Crippen MR) is 62.7 cm³/mol. The Kier molecular flexibility index (Phi) is 8.77. The van der Waals surface area contributed by atoms with Crippen molar-refractivity contribution in [2.45, 2.75) is 17.7 Å². The summed E-state index contributed by atoms with van der Waals surface area (Å²) < 4.78 is 17.1. The molecule has 7 nitrogen and oxygen atoms in total. The molecule has 0 atom stereocenters. The Bertz CT molecular complexity index is 261. The molecular formula is C5H15Cl2NO6P2. The summed E-state index contributed by atoms with van der Waals surface area (Å²) >= 11 is 9.46.